The van der Waals surface area contributed by atoms with Gasteiger partial charge in [0.15, 0.2) is 0 Å². The van der Waals surface area contributed by atoms with Crippen molar-refractivity contribution in [3.8, 4) is 11.1 Å². The molecule has 6 nitrogen and oxygen atoms in total. The Kier molecular flexibility index (Phi) is 4.07. The largest absolute Gasteiger partial charge is 0.478 e. The Bertz CT molecular complexity index is 1070. The normalized spacial score (nSPS) is 10.8. The first kappa shape index (κ1) is 15.8. The number of H-pyrrole nitrogens is 1. The van der Waals surface area contributed by atoms with Crippen molar-refractivity contribution >= 4 is 22.8 Å². The van der Waals surface area contributed by atoms with Crippen LogP contribution in [0, 0.1) is 0 Å². The minimum Gasteiger partial charge on any atom is -0.478 e. The van der Waals surface area contributed by atoms with Gasteiger partial charge in [-0.05, 0) is 47.5 Å². The molecule has 0 atom stereocenters. The number of hydrogen-bond donors (Lipinski definition) is 3. The zero-order chi connectivity index (χ0) is 17.9. The average Bonchev–Trinajstić information content (AvgIpc) is 3.15. The van der Waals surface area contributed by atoms with Crippen LogP contribution >= 0.6 is 0 Å². The highest BCUT2D eigenvalue weighted by Gasteiger charge is 2.11. The van der Waals surface area contributed by atoms with E-state index in [0.29, 0.717) is 12.4 Å². The van der Waals surface area contributed by atoms with Gasteiger partial charge in [-0.1, -0.05) is 18.2 Å². The summed E-state index contributed by atoms with van der Waals surface area (Å²) in [5.74, 6) is -0.249. The molecule has 0 spiro atoms. The van der Waals surface area contributed by atoms with Gasteiger partial charge in [0.05, 0.1) is 17.8 Å². The molecule has 0 aliphatic rings. The maximum Gasteiger partial charge on any atom is 0.335 e. The third-order valence-electron chi connectivity index (χ3n) is 4.13. The molecule has 0 aliphatic carbocycles. The first-order valence-electron chi connectivity index (χ1n) is 8.16. The number of aromatic amines is 1. The summed E-state index contributed by atoms with van der Waals surface area (Å²) in [6.07, 6.45) is 3.58. The standard InChI is InChI=1S/C20H16N4O2/c25-20(26)14-5-3-4-13(10-14)17-11-18(24-19-16(17)7-9-22-19)23-12-15-6-1-2-8-21-15/h1-11H,12H2,(H,25,26)(H2,22,23,24). The Hall–Kier alpha value is -3.67. The predicted octanol–water partition coefficient (Wildman–Crippen LogP) is 3.94. The van der Waals surface area contributed by atoms with E-state index in [1.807, 2.05) is 42.6 Å². The molecule has 0 radical (unpaired) electrons. The SMILES string of the molecule is O=C(O)c1cccc(-c2cc(NCc3ccccn3)nc3[nH]ccc23)c1. The molecule has 0 unspecified atom stereocenters. The van der Waals surface area contributed by atoms with Gasteiger partial charge in [-0.3, -0.25) is 4.98 Å². The molecule has 128 valence electrons. The first-order chi connectivity index (χ1) is 12.7. The number of fused-ring (bicyclic) bond motifs is 1. The van der Waals surface area contributed by atoms with Gasteiger partial charge < -0.3 is 15.4 Å². The molecule has 0 amide bonds. The smallest absolute Gasteiger partial charge is 0.335 e. The van der Waals surface area contributed by atoms with Crippen molar-refractivity contribution < 1.29 is 9.90 Å². The number of pyridine rings is 2. The molecule has 6 heteroatoms. The fraction of sp³-hybridized carbons (Fsp3) is 0.0500. The van der Waals surface area contributed by atoms with Crippen molar-refractivity contribution in [3.63, 3.8) is 0 Å². The minimum absolute atomic E-state index is 0.256. The molecule has 0 bridgehead atoms. The van der Waals surface area contributed by atoms with E-state index in [1.54, 1.807) is 24.4 Å². The maximum absolute atomic E-state index is 11.3. The van der Waals surface area contributed by atoms with Gasteiger partial charge in [0.1, 0.15) is 11.5 Å². The number of carboxylic acid groups (broad SMARTS) is 1. The highest BCUT2D eigenvalue weighted by atomic mass is 16.4. The van der Waals surface area contributed by atoms with E-state index in [9.17, 15) is 9.90 Å². The van der Waals surface area contributed by atoms with Crippen molar-refractivity contribution in [2.24, 2.45) is 0 Å². The van der Waals surface area contributed by atoms with Crippen molar-refractivity contribution in [3.05, 3.63) is 78.2 Å². The van der Waals surface area contributed by atoms with Gasteiger partial charge in [0, 0.05) is 17.8 Å². The van der Waals surface area contributed by atoms with E-state index in [1.165, 1.54) is 0 Å². The lowest BCUT2D eigenvalue weighted by Crippen LogP contribution is -2.03. The summed E-state index contributed by atoms with van der Waals surface area (Å²) in [5, 5.41) is 13.5. The summed E-state index contributed by atoms with van der Waals surface area (Å²) < 4.78 is 0. The number of nitrogens with one attached hydrogen (secondary N) is 2. The molecule has 26 heavy (non-hydrogen) atoms. The number of aromatic carboxylic acids is 1. The van der Waals surface area contributed by atoms with Gasteiger partial charge in [-0.2, -0.15) is 0 Å². The van der Waals surface area contributed by atoms with Crippen molar-refractivity contribution in [1.29, 1.82) is 0 Å². The monoisotopic (exact) mass is 344 g/mol. The van der Waals surface area contributed by atoms with Crippen LogP contribution in [-0.2, 0) is 6.54 Å². The van der Waals surface area contributed by atoms with E-state index in [4.69, 9.17) is 0 Å². The van der Waals surface area contributed by atoms with E-state index in [0.717, 1.165) is 27.9 Å². The molecule has 0 fully saturated rings. The zero-order valence-corrected chi connectivity index (χ0v) is 13.8. The van der Waals surface area contributed by atoms with Crippen LogP contribution in [-0.4, -0.2) is 26.0 Å². The predicted molar refractivity (Wildman–Crippen MR) is 100 cm³/mol. The van der Waals surface area contributed by atoms with Gasteiger partial charge in [-0.25, -0.2) is 9.78 Å². The number of nitrogens with zero attached hydrogens (tertiary/aromatic N) is 2. The number of rotatable bonds is 5. The molecule has 3 N–H and O–H groups in total. The number of carboxylic acids is 1. The van der Waals surface area contributed by atoms with Gasteiger partial charge >= 0.3 is 5.97 Å². The number of anilines is 1. The van der Waals surface area contributed by atoms with Crippen LogP contribution in [0.15, 0.2) is 67.0 Å². The van der Waals surface area contributed by atoms with Crippen LogP contribution in [0.4, 0.5) is 5.82 Å². The fourth-order valence-corrected chi connectivity index (χ4v) is 2.87. The molecule has 3 aromatic heterocycles. The van der Waals surface area contributed by atoms with Crippen LogP contribution in [0.5, 0.6) is 0 Å². The lowest BCUT2D eigenvalue weighted by molar-refractivity contribution is 0.0697. The number of hydrogen-bond acceptors (Lipinski definition) is 4. The molecule has 0 aliphatic heterocycles. The van der Waals surface area contributed by atoms with Crippen molar-refractivity contribution in [2.45, 2.75) is 6.54 Å². The lowest BCUT2D eigenvalue weighted by Gasteiger charge is -2.10. The van der Waals surface area contributed by atoms with Crippen molar-refractivity contribution in [2.75, 3.05) is 5.32 Å². The summed E-state index contributed by atoms with van der Waals surface area (Å²) in [7, 11) is 0. The van der Waals surface area contributed by atoms with Crippen molar-refractivity contribution in [1.82, 2.24) is 15.0 Å². The summed E-state index contributed by atoms with van der Waals surface area (Å²) in [4.78, 5) is 23.3. The maximum atomic E-state index is 11.3. The number of aromatic nitrogens is 3. The lowest BCUT2D eigenvalue weighted by atomic mass is 10.0. The molecule has 0 saturated carbocycles. The fourth-order valence-electron chi connectivity index (χ4n) is 2.87. The molecule has 4 rings (SSSR count). The molecule has 1 aromatic carbocycles. The molecule has 0 saturated heterocycles. The highest BCUT2D eigenvalue weighted by Crippen LogP contribution is 2.30. The van der Waals surface area contributed by atoms with Crippen LogP contribution in [0.2, 0.25) is 0 Å². The summed E-state index contributed by atoms with van der Waals surface area (Å²) in [6, 6.07) is 16.5. The van der Waals surface area contributed by atoms with E-state index >= 15 is 0 Å². The second-order valence-corrected chi connectivity index (χ2v) is 5.86. The molecular formula is C20H16N4O2. The van der Waals surface area contributed by atoms with Crippen LogP contribution in [0.3, 0.4) is 0 Å². The third kappa shape index (κ3) is 3.12. The Labute approximate surface area is 149 Å². The Morgan fingerprint density at radius 3 is 2.85 bits per heavy atom. The summed E-state index contributed by atoms with van der Waals surface area (Å²) in [5.41, 5.74) is 3.66. The zero-order valence-electron chi connectivity index (χ0n) is 13.8. The van der Waals surface area contributed by atoms with Gasteiger partial charge in [0.2, 0.25) is 0 Å². The van der Waals surface area contributed by atoms with E-state index < -0.39 is 5.97 Å². The third-order valence-corrected chi connectivity index (χ3v) is 4.13. The quantitative estimate of drug-likeness (QED) is 0.510. The highest BCUT2D eigenvalue weighted by molar-refractivity contribution is 5.96. The Morgan fingerprint density at radius 2 is 2.04 bits per heavy atom. The molecule has 3 heterocycles. The Balaban J connectivity index is 1.73. The van der Waals surface area contributed by atoms with Crippen LogP contribution in [0.1, 0.15) is 16.1 Å². The molecule has 4 aromatic rings. The summed E-state index contributed by atoms with van der Waals surface area (Å²) >= 11 is 0. The molecular weight excluding hydrogens is 328 g/mol. The number of carbonyl (C=O) groups is 1. The summed E-state index contributed by atoms with van der Waals surface area (Å²) in [6.45, 7) is 0.550. The first-order valence-corrected chi connectivity index (χ1v) is 8.16. The van der Waals surface area contributed by atoms with E-state index in [2.05, 4.69) is 20.3 Å². The van der Waals surface area contributed by atoms with Crippen LogP contribution < -0.4 is 5.32 Å². The van der Waals surface area contributed by atoms with Crippen LogP contribution in [0.25, 0.3) is 22.2 Å². The van der Waals surface area contributed by atoms with E-state index in [-0.39, 0.29) is 5.56 Å². The Morgan fingerprint density at radius 1 is 1.12 bits per heavy atom. The second-order valence-electron chi connectivity index (χ2n) is 5.86. The average molecular weight is 344 g/mol. The topological polar surface area (TPSA) is 90.9 Å². The minimum atomic E-state index is -0.945. The second kappa shape index (κ2) is 6.68. The van der Waals surface area contributed by atoms with Gasteiger partial charge in [-0.15, -0.1) is 0 Å². The number of benzene rings is 1. The van der Waals surface area contributed by atoms with Gasteiger partial charge in [0.25, 0.3) is 0 Å².